The largest absolute Gasteiger partial charge is 0.496 e. The van der Waals surface area contributed by atoms with Gasteiger partial charge in [-0.2, -0.15) is 0 Å². The molecule has 2 atom stereocenters. The maximum atomic E-state index is 9.07. The number of aliphatic hydroxyl groups is 1. The van der Waals surface area contributed by atoms with E-state index in [4.69, 9.17) is 21.3 Å². The minimum absolute atomic E-state index is 0.0373. The van der Waals surface area contributed by atoms with Crippen LogP contribution in [0.1, 0.15) is 37.9 Å². The van der Waals surface area contributed by atoms with Crippen molar-refractivity contribution in [2.75, 3.05) is 13.7 Å². The van der Waals surface area contributed by atoms with Crippen molar-refractivity contribution in [2.45, 2.75) is 38.3 Å². The van der Waals surface area contributed by atoms with Crippen LogP contribution in [0.4, 0.5) is 0 Å². The number of ether oxygens (including phenoxy) is 1. The van der Waals surface area contributed by atoms with Gasteiger partial charge in [-0.3, -0.25) is 0 Å². The van der Waals surface area contributed by atoms with E-state index in [1.165, 1.54) is 0 Å². The molecule has 18 heavy (non-hydrogen) atoms. The predicted molar refractivity (Wildman–Crippen MR) is 73.7 cm³/mol. The molecule has 0 aromatic heterocycles. The van der Waals surface area contributed by atoms with Gasteiger partial charge in [0.15, 0.2) is 0 Å². The zero-order chi connectivity index (χ0) is 13.9. The van der Waals surface area contributed by atoms with Crippen LogP contribution in [0.25, 0.3) is 0 Å². The number of aliphatic hydroxyl groups excluding tert-OH is 1. The molecule has 0 heterocycles. The summed E-state index contributed by atoms with van der Waals surface area (Å²) in [7, 11) is 1.66. The third-order valence-corrected chi connectivity index (χ3v) is 3.09. The van der Waals surface area contributed by atoms with Gasteiger partial charge in [0.2, 0.25) is 0 Å². The Morgan fingerprint density at radius 2 is 1.89 bits per heavy atom. The first kappa shape index (κ1) is 15.0. The molecule has 0 radical (unpaired) electrons. The third-order valence-electron chi connectivity index (χ3n) is 3.09. The van der Waals surface area contributed by atoms with Gasteiger partial charge in [0.05, 0.1) is 13.7 Å². The van der Waals surface area contributed by atoms with E-state index < -0.39 is 6.04 Å². The summed E-state index contributed by atoms with van der Waals surface area (Å²) in [6.07, 6.45) is 0. The molecule has 4 heteroatoms. The fourth-order valence-electron chi connectivity index (χ4n) is 1.88. The fraction of sp³-hybridized carbons (Fsp3) is 0.571. The molecule has 0 saturated carbocycles. The number of benzene rings is 1. The zero-order valence-corrected chi connectivity index (χ0v) is 11.6. The molecule has 0 bridgehead atoms. The van der Waals surface area contributed by atoms with E-state index >= 15 is 0 Å². The summed E-state index contributed by atoms with van der Waals surface area (Å²) in [6, 6.07) is 4.99. The van der Waals surface area contributed by atoms with Gasteiger partial charge >= 0.3 is 0 Å². The van der Waals surface area contributed by atoms with Gasteiger partial charge in [-0.25, -0.2) is 0 Å². The number of rotatable bonds is 4. The highest BCUT2D eigenvalue weighted by molar-refractivity contribution is 5.42. The molecule has 1 rings (SSSR count). The summed E-state index contributed by atoms with van der Waals surface area (Å²) in [5.41, 5.74) is 13.8. The number of hydrogen-bond donors (Lipinski definition) is 3. The van der Waals surface area contributed by atoms with Crippen molar-refractivity contribution in [3.8, 4) is 5.75 Å². The van der Waals surface area contributed by atoms with Crippen molar-refractivity contribution >= 4 is 0 Å². The lowest BCUT2D eigenvalue weighted by Gasteiger charge is -2.25. The summed E-state index contributed by atoms with van der Waals surface area (Å²) in [6.45, 7) is 6.22. The average molecular weight is 252 g/mol. The topological polar surface area (TPSA) is 81.5 Å². The molecular weight excluding hydrogens is 228 g/mol. The Morgan fingerprint density at radius 3 is 2.33 bits per heavy atom. The minimum Gasteiger partial charge on any atom is -0.496 e. The van der Waals surface area contributed by atoms with Crippen LogP contribution >= 0.6 is 0 Å². The summed E-state index contributed by atoms with van der Waals surface area (Å²) in [5, 5.41) is 9.07. The highest BCUT2D eigenvalue weighted by atomic mass is 16.5. The van der Waals surface area contributed by atoms with Crippen molar-refractivity contribution in [3.05, 3.63) is 29.3 Å². The van der Waals surface area contributed by atoms with Gasteiger partial charge in [0, 0.05) is 12.1 Å². The number of methoxy groups -OCH3 is 1. The maximum Gasteiger partial charge on any atom is 0.122 e. The molecule has 2 unspecified atom stereocenters. The van der Waals surface area contributed by atoms with Crippen molar-refractivity contribution in [3.63, 3.8) is 0 Å². The SMILES string of the molecule is COc1ccc(C(N)C(N)CO)cc1C(C)(C)C. The molecule has 4 nitrogen and oxygen atoms in total. The van der Waals surface area contributed by atoms with Crippen LogP contribution < -0.4 is 16.2 Å². The Labute approximate surface area is 109 Å². The first-order valence-electron chi connectivity index (χ1n) is 6.11. The highest BCUT2D eigenvalue weighted by Crippen LogP contribution is 2.33. The van der Waals surface area contributed by atoms with E-state index in [0.717, 1.165) is 16.9 Å². The summed E-state index contributed by atoms with van der Waals surface area (Å²) in [4.78, 5) is 0. The van der Waals surface area contributed by atoms with Gasteiger partial charge in [-0.1, -0.05) is 26.8 Å². The van der Waals surface area contributed by atoms with E-state index in [0.29, 0.717) is 0 Å². The second-order valence-corrected chi connectivity index (χ2v) is 5.58. The Balaban J connectivity index is 3.18. The first-order chi connectivity index (χ1) is 8.31. The van der Waals surface area contributed by atoms with Crippen LogP contribution in [-0.4, -0.2) is 24.9 Å². The second-order valence-electron chi connectivity index (χ2n) is 5.58. The Morgan fingerprint density at radius 1 is 1.28 bits per heavy atom. The van der Waals surface area contributed by atoms with Gasteiger partial charge in [0.1, 0.15) is 5.75 Å². The van der Waals surface area contributed by atoms with Crippen LogP contribution in [0.5, 0.6) is 5.75 Å². The molecule has 0 aliphatic carbocycles. The molecule has 1 aromatic rings. The number of hydrogen-bond acceptors (Lipinski definition) is 4. The van der Waals surface area contributed by atoms with Gasteiger partial charge < -0.3 is 21.3 Å². The van der Waals surface area contributed by atoms with Crippen LogP contribution in [0, 0.1) is 0 Å². The zero-order valence-electron chi connectivity index (χ0n) is 11.6. The van der Waals surface area contributed by atoms with E-state index in [9.17, 15) is 0 Å². The van der Waals surface area contributed by atoms with E-state index in [1.54, 1.807) is 7.11 Å². The molecule has 1 aromatic carbocycles. The molecule has 0 fully saturated rings. The van der Waals surface area contributed by atoms with Crippen molar-refractivity contribution in [1.82, 2.24) is 0 Å². The molecule has 102 valence electrons. The van der Waals surface area contributed by atoms with Crippen molar-refractivity contribution in [2.24, 2.45) is 11.5 Å². The molecule has 0 spiro atoms. The van der Waals surface area contributed by atoms with Crippen LogP contribution in [0.15, 0.2) is 18.2 Å². The monoisotopic (exact) mass is 252 g/mol. The molecule has 0 aliphatic rings. The Kier molecular flexibility index (Phi) is 4.73. The first-order valence-corrected chi connectivity index (χ1v) is 6.11. The fourth-order valence-corrected chi connectivity index (χ4v) is 1.88. The lowest BCUT2D eigenvalue weighted by molar-refractivity contribution is 0.249. The van der Waals surface area contributed by atoms with Crippen LogP contribution in [0.2, 0.25) is 0 Å². The Hall–Kier alpha value is -1.10. The summed E-state index contributed by atoms with van der Waals surface area (Å²) < 4.78 is 5.37. The van der Waals surface area contributed by atoms with E-state index in [1.807, 2.05) is 18.2 Å². The quantitative estimate of drug-likeness (QED) is 0.754. The van der Waals surface area contributed by atoms with Gasteiger partial charge in [-0.05, 0) is 28.7 Å². The predicted octanol–water partition coefficient (Wildman–Crippen LogP) is 1.31. The number of nitrogens with two attached hydrogens (primary N) is 2. The smallest absolute Gasteiger partial charge is 0.122 e. The standard InChI is InChI=1S/C14H24N2O2/c1-14(2,3)10-7-9(5-6-12(10)18-4)13(16)11(15)8-17/h5-7,11,13,17H,8,15-16H2,1-4H3. The van der Waals surface area contributed by atoms with Crippen LogP contribution in [0.3, 0.4) is 0 Å². The van der Waals surface area contributed by atoms with Gasteiger partial charge in [-0.15, -0.1) is 0 Å². The minimum atomic E-state index is -0.453. The lowest BCUT2D eigenvalue weighted by Crippen LogP contribution is -2.37. The maximum absolute atomic E-state index is 9.07. The molecular formula is C14H24N2O2. The van der Waals surface area contributed by atoms with Crippen molar-refractivity contribution in [1.29, 1.82) is 0 Å². The average Bonchev–Trinajstić information content (AvgIpc) is 2.35. The molecule has 0 saturated heterocycles. The van der Waals surface area contributed by atoms with Crippen LogP contribution in [-0.2, 0) is 5.41 Å². The third kappa shape index (κ3) is 3.22. The molecule has 0 amide bonds. The summed E-state index contributed by atoms with van der Waals surface area (Å²) >= 11 is 0. The summed E-state index contributed by atoms with van der Waals surface area (Å²) in [5.74, 6) is 0.844. The molecule has 5 N–H and O–H groups in total. The van der Waals surface area contributed by atoms with Crippen molar-refractivity contribution < 1.29 is 9.84 Å². The second kappa shape index (κ2) is 5.69. The van der Waals surface area contributed by atoms with Gasteiger partial charge in [0.25, 0.3) is 0 Å². The van der Waals surface area contributed by atoms with E-state index in [-0.39, 0.29) is 18.1 Å². The molecule has 0 aliphatic heterocycles. The normalized spacial score (nSPS) is 15.3. The Bertz CT molecular complexity index is 399. The van der Waals surface area contributed by atoms with E-state index in [2.05, 4.69) is 20.8 Å². The lowest BCUT2D eigenvalue weighted by atomic mass is 9.84. The highest BCUT2D eigenvalue weighted by Gasteiger charge is 2.22.